The van der Waals surface area contributed by atoms with Gasteiger partial charge in [-0.3, -0.25) is 4.90 Å². The standard InChI is InChI=1S/C16H22N4O2S2/c1-12-10-19(7-8-22-12)11-20-16(23)24-15(18-20)17-9-13-3-5-14(21-2)6-4-13/h3-6,12H,7-11H2,1-2H3,(H,17,18)/t12-/m1/s1. The summed E-state index contributed by atoms with van der Waals surface area (Å²) < 4.78 is 13.4. The maximum atomic E-state index is 5.57. The van der Waals surface area contributed by atoms with E-state index in [0.29, 0.717) is 13.2 Å². The molecule has 0 saturated carbocycles. The van der Waals surface area contributed by atoms with Crippen LogP contribution in [-0.2, 0) is 18.0 Å². The summed E-state index contributed by atoms with van der Waals surface area (Å²) in [4.78, 5) is 2.32. The molecule has 1 aliphatic rings. The van der Waals surface area contributed by atoms with Crippen molar-refractivity contribution < 1.29 is 9.47 Å². The summed E-state index contributed by atoms with van der Waals surface area (Å²) in [5, 5.41) is 8.78. The molecule has 2 aromatic rings. The van der Waals surface area contributed by atoms with Crippen molar-refractivity contribution in [2.24, 2.45) is 0 Å². The summed E-state index contributed by atoms with van der Waals surface area (Å²) in [5.41, 5.74) is 1.17. The number of aromatic nitrogens is 2. The second-order valence-electron chi connectivity index (χ2n) is 5.77. The SMILES string of the molecule is COc1ccc(CNc2nn(CN3CCO[C@H](C)C3)c(=S)s2)cc1. The van der Waals surface area contributed by atoms with Crippen LogP contribution < -0.4 is 10.1 Å². The van der Waals surface area contributed by atoms with Crippen LogP contribution in [0.2, 0.25) is 0 Å². The zero-order valence-corrected chi connectivity index (χ0v) is 15.5. The molecular formula is C16H22N4O2S2. The third-order valence-corrected chi connectivity index (χ3v) is 5.13. The summed E-state index contributed by atoms with van der Waals surface area (Å²) in [6, 6.07) is 7.99. The first kappa shape index (κ1) is 17.3. The van der Waals surface area contributed by atoms with Crippen LogP contribution >= 0.6 is 23.6 Å². The number of rotatable bonds is 6. The van der Waals surface area contributed by atoms with E-state index in [4.69, 9.17) is 21.7 Å². The van der Waals surface area contributed by atoms with E-state index in [1.807, 2.05) is 28.9 Å². The van der Waals surface area contributed by atoms with Gasteiger partial charge in [0.15, 0.2) is 3.95 Å². The van der Waals surface area contributed by atoms with E-state index in [2.05, 4.69) is 22.2 Å². The van der Waals surface area contributed by atoms with Gasteiger partial charge >= 0.3 is 0 Å². The van der Waals surface area contributed by atoms with Crippen LogP contribution in [0.3, 0.4) is 0 Å². The van der Waals surface area contributed by atoms with Crippen LogP contribution in [0.5, 0.6) is 5.75 Å². The molecule has 1 atom stereocenters. The maximum Gasteiger partial charge on any atom is 0.204 e. The molecule has 0 bridgehead atoms. The molecule has 1 aliphatic heterocycles. The zero-order valence-electron chi connectivity index (χ0n) is 13.9. The van der Waals surface area contributed by atoms with E-state index in [1.165, 1.54) is 16.9 Å². The first-order valence-corrected chi connectivity index (χ1v) is 9.15. The highest BCUT2D eigenvalue weighted by Crippen LogP contribution is 2.18. The Labute approximate surface area is 151 Å². The Morgan fingerprint density at radius 3 is 2.92 bits per heavy atom. The second kappa shape index (κ2) is 8.06. The van der Waals surface area contributed by atoms with Crippen molar-refractivity contribution in [1.82, 2.24) is 14.7 Å². The lowest BCUT2D eigenvalue weighted by atomic mass is 10.2. The monoisotopic (exact) mass is 366 g/mol. The molecule has 1 N–H and O–H groups in total. The number of ether oxygens (including phenoxy) is 2. The molecular weight excluding hydrogens is 344 g/mol. The molecule has 2 heterocycles. The number of hydrogen-bond donors (Lipinski definition) is 1. The van der Waals surface area contributed by atoms with Crippen LogP contribution in [-0.4, -0.2) is 47.6 Å². The van der Waals surface area contributed by atoms with Gasteiger partial charge in [0.05, 0.1) is 26.5 Å². The highest BCUT2D eigenvalue weighted by Gasteiger charge is 2.17. The molecule has 6 nitrogen and oxygen atoms in total. The fraction of sp³-hybridized carbons (Fsp3) is 0.500. The molecule has 0 radical (unpaired) electrons. The Morgan fingerprint density at radius 1 is 1.42 bits per heavy atom. The van der Waals surface area contributed by atoms with Crippen LogP contribution in [0.25, 0.3) is 0 Å². The molecule has 24 heavy (non-hydrogen) atoms. The Bertz CT molecular complexity index is 714. The number of anilines is 1. The minimum Gasteiger partial charge on any atom is -0.497 e. The highest BCUT2D eigenvalue weighted by atomic mass is 32.1. The fourth-order valence-electron chi connectivity index (χ4n) is 2.60. The van der Waals surface area contributed by atoms with Crippen LogP contribution in [0, 0.1) is 3.95 Å². The molecule has 0 unspecified atom stereocenters. The molecule has 8 heteroatoms. The predicted octanol–water partition coefficient (Wildman–Crippen LogP) is 2.97. The van der Waals surface area contributed by atoms with Gasteiger partial charge in [-0.15, -0.1) is 5.10 Å². The van der Waals surface area contributed by atoms with Crippen molar-refractivity contribution in [2.45, 2.75) is 26.2 Å². The van der Waals surface area contributed by atoms with Crippen molar-refractivity contribution in [2.75, 3.05) is 32.1 Å². The van der Waals surface area contributed by atoms with Gasteiger partial charge in [-0.2, -0.15) is 0 Å². The predicted molar refractivity (Wildman–Crippen MR) is 98.2 cm³/mol. The smallest absolute Gasteiger partial charge is 0.204 e. The number of methoxy groups -OCH3 is 1. The lowest BCUT2D eigenvalue weighted by Gasteiger charge is -2.30. The summed E-state index contributed by atoms with van der Waals surface area (Å²) in [6.45, 7) is 6.11. The minimum absolute atomic E-state index is 0.263. The van der Waals surface area contributed by atoms with E-state index >= 15 is 0 Å². The van der Waals surface area contributed by atoms with Gasteiger partial charge in [-0.1, -0.05) is 23.5 Å². The van der Waals surface area contributed by atoms with E-state index in [0.717, 1.165) is 34.5 Å². The van der Waals surface area contributed by atoms with Crippen molar-refractivity contribution in [1.29, 1.82) is 0 Å². The number of hydrogen-bond acceptors (Lipinski definition) is 7. The molecule has 0 aliphatic carbocycles. The van der Waals surface area contributed by atoms with Gasteiger partial charge in [0.2, 0.25) is 5.13 Å². The Morgan fingerprint density at radius 2 is 2.21 bits per heavy atom. The third-order valence-electron chi connectivity index (χ3n) is 3.87. The van der Waals surface area contributed by atoms with E-state index < -0.39 is 0 Å². The van der Waals surface area contributed by atoms with Gasteiger partial charge in [-0.25, -0.2) is 4.68 Å². The average Bonchev–Trinajstić information content (AvgIpc) is 2.93. The van der Waals surface area contributed by atoms with Gasteiger partial charge < -0.3 is 14.8 Å². The molecule has 0 spiro atoms. The van der Waals surface area contributed by atoms with Crippen molar-refractivity contribution >= 4 is 28.7 Å². The lowest BCUT2D eigenvalue weighted by molar-refractivity contribution is -0.0305. The average molecular weight is 367 g/mol. The first-order chi connectivity index (χ1) is 11.6. The number of nitrogens with one attached hydrogen (secondary N) is 1. The highest BCUT2D eigenvalue weighted by molar-refractivity contribution is 7.73. The first-order valence-electron chi connectivity index (χ1n) is 7.93. The number of morpholine rings is 1. The Kier molecular flexibility index (Phi) is 5.83. The fourth-order valence-corrected chi connectivity index (χ4v) is 3.59. The van der Waals surface area contributed by atoms with Gasteiger partial charge in [-0.05, 0) is 36.8 Å². The van der Waals surface area contributed by atoms with E-state index in [1.54, 1.807) is 7.11 Å². The van der Waals surface area contributed by atoms with Gasteiger partial charge in [0.25, 0.3) is 0 Å². The topological polar surface area (TPSA) is 51.5 Å². The number of nitrogens with zero attached hydrogens (tertiary/aromatic N) is 3. The van der Waals surface area contributed by atoms with E-state index in [9.17, 15) is 0 Å². The minimum atomic E-state index is 0.263. The number of benzene rings is 1. The van der Waals surface area contributed by atoms with Gasteiger partial charge in [0, 0.05) is 19.6 Å². The molecule has 1 aromatic carbocycles. The summed E-state index contributed by atoms with van der Waals surface area (Å²) in [7, 11) is 1.67. The lowest BCUT2D eigenvalue weighted by Crippen LogP contribution is -2.42. The maximum absolute atomic E-state index is 5.57. The summed E-state index contributed by atoms with van der Waals surface area (Å²) in [6.07, 6.45) is 0.263. The molecule has 1 fully saturated rings. The van der Waals surface area contributed by atoms with Crippen LogP contribution in [0.1, 0.15) is 12.5 Å². The second-order valence-corrected chi connectivity index (χ2v) is 7.40. The van der Waals surface area contributed by atoms with Crippen molar-refractivity contribution in [3.8, 4) is 5.75 Å². The van der Waals surface area contributed by atoms with E-state index in [-0.39, 0.29) is 6.10 Å². The molecule has 1 saturated heterocycles. The quantitative estimate of drug-likeness (QED) is 0.793. The Balaban J connectivity index is 1.58. The zero-order chi connectivity index (χ0) is 16.9. The summed E-state index contributed by atoms with van der Waals surface area (Å²) in [5.74, 6) is 0.860. The Hall–Kier alpha value is -1.48. The van der Waals surface area contributed by atoms with Crippen molar-refractivity contribution in [3.05, 3.63) is 33.8 Å². The van der Waals surface area contributed by atoms with Gasteiger partial charge in [0.1, 0.15) is 5.75 Å². The van der Waals surface area contributed by atoms with Crippen molar-refractivity contribution in [3.63, 3.8) is 0 Å². The molecule has 130 valence electrons. The third kappa shape index (κ3) is 4.54. The summed E-state index contributed by atoms with van der Waals surface area (Å²) >= 11 is 6.94. The normalized spacial score (nSPS) is 18.5. The molecule has 3 rings (SSSR count). The van der Waals surface area contributed by atoms with Crippen LogP contribution in [0.4, 0.5) is 5.13 Å². The molecule has 0 amide bonds. The molecule has 1 aromatic heterocycles. The van der Waals surface area contributed by atoms with Crippen LogP contribution in [0.15, 0.2) is 24.3 Å². The largest absolute Gasteiger partial charge is 0.497 e.